The fourth-order valence-electron chi connectivity index (χ4n) is 10.2. The van der Waals surface area contributed by atoms with Crippen LogP contribution in [0.2, 0.25) is 0 Å². The van der Waals surface area contributed by atoms with Crippen LogP contribution in [0.15, 0.2) is 30.3 Å². The highest BCUT2D eigenvalue weighted by molar-refractivity contribution is 5.77. The molecule has 0 aromatic heterocycles. The molecule has 0 spiro atoms. The molecule has 5 unspecified atom stereocenters. The number of ether oxygens (including phenoxy) is 9. The van der Waals surface area contributed by atoms with Crippen LogP contribution in [0.25, 0.3) is 0 Å². The molecule has 0 aliphatic carbocycles. The summed E-state index contributed by atoms with van der Waals surface area (Å²) in [6.45, 7) is 15.0. The molecule has 19 heteroatoms. The number of hydrogen-bond acceptors (Lipinski definition) is 18. The number of hydrogen-bond donors (Lipinski definition) is 2. The number of aryl methyl sites for hydroxylation is 1. The minimum Gasteiger partial charge on any atom is -0.461 e. The molecule has 0 saturated carbocycles. The van der Waals surface area contributed by atoms with Gasteiger partial charge in [0.2, 0.25) is 5.91 Å². The van der Waals surface area contributed by atoms with E-state index in [1.54, 1.807) is 53.6 Å². The van der Waals surface area contributed by atoms with Gasteiger partial charge >= 0.3 is 23.9 Å². The summed E-state index contributed by atoms with van der Waals surface area (Å²) in [6.07, 6.45) is -7.31. The van der Waals surface area contributed by atoms with Crippen LogP contribution >= 0.6 is 0 Å². The van der Waals surface area contributed by atoms with Gasteiger partial charge in [-0.3, -0.25) is 28.9 Å². The van der Waals surface area contributed by atoms with E-state index in [4.69, 9.17) is 42.6 Å². The Morgan fingerprint density at radius 1 is 0.901 bits per heavy atom. The zero-order valence-electron chi connectivity index (χ0n) is 43.9. The lowest BCUT2D eigenvalue weighted by atomic mass is 9.82. The standard InChI is InChI=1S/C52H83N3O16/c1-12-42(60)67-39-29-41(59)53-24-19-26-55(25-18-17-22-37-20-15-14-16-21-37)31-40(66-35(6)57)32(3)28-38(23-27-56)48(49(39)63-11)70-51-46(62)45(54(9)10)47(33(4)65-51)69-44-30-52(8,71-36(7)58)50(34(5)64-44)68-43(61)13-2/h14-16,20-21,27,32-34,38-40,44-51,62H,12-13,17-19,22-26,28-31H2,1-11H3,(H,53,59)/t32-,33?,34?,38+,39-,40+,44+,45?,46?,47+,48+,49+,50+,51+,52?/m1/s1. The number of amides is 1. The van der Waals surface area contributed by atoms with Crippen LogP contribution in [0.5, 0.6) is 0 Å². The Labute approximate surface area is 420 Å². The van der Waals surface area contributed by atoms with Crippen molar-refractivity contribution in [3.63, 3.8) is 0 Å². The fourth-order valence-corrected chi connectivity index (χ4v) is 10.2. The molecule has 4 rings (SSSR count). The fraction of sp³-hybridized carbons (Fsp3) is 0.769. The largest absolute Gasteiger partial charge is 0.461 e. The molecule has 2 N–H and O–H groups in total. The van der Waals surface area contributed by atoms with Gasteiger partial charge in [0.25, 0.3) is 0 Å². The van der Waals surface area contributed by atoms with Gasteiger partial charge in [0, 0.05) is 59.7 Å². The summed E-state index contributed by atoms with van der Waals surface area (Å²) in [4.78, 5) is 81.2. The number of carbonyl (C=O) groups is 6. The summed E-state index contributed by atoms with van der Waals surface area (Å²) in [5.74, 6) is -3.59. The molecular formula is C52H83N3O16. The van der Waals surface area contributed by atoms with Gasteiger partial charge in [-0.2, -0.15) is 0 Å². The zero-order chi connectivity index (χ0) is 52.4. The minimum atomic E-state index is -1.43. The maximum Gasteiger partial charge on any atom is 0.306 e. The van der Waals surface area contributed by atoms with E-state index in [-0.39, 0.29) is 44.4 Å². The van der Waals surface area contributed by atoms with E-state index >= 15 is 0 Å². The van der Waals surface area contributed by atoms with Crippen molar-refractivity contribution in [2.75, 3.05) is 47.4 Å². The highest BCUT2D eigenvalue weighted by atomic mass is 16.7. The molecule has 3 aliphatic rings. The average molecular weight is 1010 g/mol. The number of carbonyl (C=O) groups excluding carboxylic acids is 6. The van der Waals surface area contributed by atoms with Crippen molar-refractivity contribution < 1.29 is 76.5 Å². The second kappa shape index (κ2) is 29.0. The maximum absolute atomic E-state index is 13.8. The van der Waals surface area contributed by atoms with Gasteiger partial charge in [-0.05, 0) is 97.5 Å². The third-order valence-electron chi connectivity index (χ3n) is 13.7. The first-order chi connectivity index (χ1) is 33.7. The van der Waals surface area contributed by atoms with E-state index in [0.717, 1.165) is 25.5 Å². The second-order valence-corrected chi connectivity index (χ2v) is 19.8. The highest BCUT2D eigenvalue weighted by Gasteiger charge is 2.54. The molecule has 0 bridgehead atoms. The molecule has 3 heterocycles. The van der Waals surface area contributed by atoms with Gasteiger partial charge in [0.1, 0.15) is 36.8 Å². The van der Waals surface area contributed by atoms with Crippen molar-refractivity contribution in [3.8, 4) is 0 Å². The number of aldehydes is 1. The van der Waals surface area contributed by atoms with Gasteiger partial charge in [-0.25, -0.2) is 0 Å². The molecule has 402 valence electrons. The summed E-state index contributed by atoms with van der Waals surface area (Å²) >= 11 is 0. The first-order valence-corrected chi connectivity index (χ1v) is 25.4. The van der Waals surface area contributed by atoms with Crippen LogP contribution in [-0.4, -0.2) is 178 Å². The van der Waals surface area contributed by atoms with E-state index in [2.05, 4.69) is 22.3 Å². The van der Waals surface area contributed by atoms with Crippen LogP contribution in [0.1, 0.15) is 119 Å². The summed E-state index contributed by atoms with van der Waals surface area (Å²) in [7, 11) is 4.91. The molecule has 0 radical (unpaired) electrons. The van der Waals surface area contributed by atoms with Crippen LogP contribution in [-0.2, 0) is 77.8 Å². The average Bonchev–Trinajstić information content (AvgIpc) is 3.30. The predicted octanol–water partition coefficient (Wildman–Crippen LogP) is 4.31. The normalized spacial score (nSPS) is 33.7. The second-order valence-electron chi connectivity index (χ2n) is 19.8. The summed E-state index contributed by atoms with van der Waals surface area (Å²) in [6, 6.07) is 9.44. The smallest absolute Gasteiger partial charge is 0.306 e. The van der Waals surface area contributed by atoms with Gasteiger partial charge in [-0.1, -0.05) is 51.1 Å². The van der Waals surface area contributed by atoms with Crippen LogP contribution in [0, 0.1) is 11.8 Å². The Morgan fingerprint density at radius 3 is 2.21 bits per heavy atom. The highest BCUT2D eigenvalue weighted by Crippen LogP contribution is 2.39. The van der Waals surface area contributed by atoms with Crippen molar-refractivity contribution in [2.24, 2.45) is 11.8 Å². The minimum absolute atomic E-state index is 0.00204. The molecule has 71 heavy (non-hydrogen) atoms. The zero-order valence-corrected chi connectivity index (χ0v) is 43.9. The van der Waals surface area contributed by atoms with Crippen molar-refractivity contribution in [3.05, 3.63) is 35.9 Å². The number of rotatable bonds is 19. The van der Waals surface area contributed by atoms with E-state index in [9.17, 15) is 33.9 Å². The van der Waals surface area contributed by atoms with Crippen molar-refractivity contribution in [2.45, 2.75) is 199 Å². The van der Waals surface area contributed by atoms with Gasteiger partial charge < -0.3 is 62.7 Å². The summed E-state index contributed by atoms with van der Waals surface area (Å²) in [5, 5.41) is 15.4. The molecule has 19 nitrogen and oxygen atoms in total. The first kappa shape index (κ1) is 59.5. The SMILES string of the molecule is CCC(=O)O[C@@H]1CC(=O)NCCCN(CCCCc2ccccc2)C[C@H](OC(C)=O)[C@H](C)C[C@H](CC=O)[C@H](O[C@@H]2OC(C)[C@H](O[C@H]3CC(C)(OC(C)=O)[C@@H](OC(=O)CC)C(C)O3)C(N(C)C)C2O)[C@H]1OC. The Morgan fingerprint density at radius 2 is 1.59 bits per heavy atom. The lowest BCUT2D eigenvalue weighted by molar-refractivity contribution is -0.344. The number of aliphatic hydroxyl groups excluding tert-OH is 1. The third-order valence-corrected chi connectivity index (χ3v) is 13.7. The predicted molar refractivity (Wildman–Crippen MR) is 259 cm³/mol. The topological polar surface area (TPSA) is 224 Å². The van der Waals surface area contributed by atoms with Gasteiger partial charge in [0.15, 0.2) is 24.3 Å². The Kier molecular flexibility index (Phi) is 24.3. The van der Waals surface area contributed by atoms with E-state index in [0.29, 0.717) is 32.6 Å². The number of esters is 4. The third kappa shape index (κ3) is 17.8. The molecule has 15 atom stereocenters. The number of aliphatic hydroxyl groups is 1. The Hall–Kier alpha value is -4.08. The lowest BCUT2D eigenvalue weighted by Gasteiger charge is -2.50. The van der Waals surface area contributed by atoms with Gasteiger partial charge in [-0.15, -0.1) is 0 Å². The Bertz CT molecular complexity index is 1840. The molecule has 1 amide bonds. The number of methoxy groups -OCH3 is 1. The monoisotopic (exact) mass is 1010 g/mol. The molecule has 3 fully saturated rings. The van der Waals surface area contributed by atoms with Crippen LogP contribution in [0.3, 0.4) is 0 Å². The van der Waals surface area contributed by atoms with Crippen LogP contribution < -0.4 is 5.32 Å². The number of likely N-dealkylation sites (N-methyl/N-ethyl adjacent to an activating group) is 1. The lowest BCUT2D eigenvalue weighted by Crippen LogP contribution is -2.66. The van der Waals surface area contributed by atoms with Crippen molar-refractivity contribution in [1.29, 1.82) is 0 Å². The quantitative estimate of drug-likeness (QED) is 0.0853. The first-order valence-electron chi connectivity index (χ1n) is 25.4. The number of nitrogens with zero attached hydrogens (tertiary/aromatic N) is 2. The van der Waals surface area contributed by atoms with E-state index in [1.165, 1.54) is 26.5 Å². The number of benzene rings is 1. The van der Waals surface area contributed by atoms with Crippen LogP contribution in [0.4, 0.5) is 0 Å². The van der Waals surface area contributed by atoms with E-state index in [1.807, 2.05) is 25.1 Å². The van der Waals surface area contributed by atoms with Crippen molar-refractivity contribution >= 4 is 36.1 Å². The summed E-state index contributed by atoms with van der Waals surface area (Å²) in [5.41, 5.74) is -0.0780. The molecule has 1 aromatic rings. The molecule has 3 saturated heterocycles. The Balaban J connectivity index is 1.70. The summed E-state index contributed by atoms with van der Waals surface area (Å²) < 4.78 is 56.0. The van der Waals surface area contributed by atoms with E-state index < -0.39 is 115 Å². The van der Waals surface area contributed by atoms with Gasteiger partial charge in [0.05, 0.1) is 30.8 Å². The number of nitrogens with one attached hydrogen (secondary N) is 1. The molecular weight excluding hydrogens is 923 g/mol. The van der Waals surface area contributed by atoms with Crippen molar-refractivity contribution in [1.82, 2.24) is 15.1 Å². The number of unbranched alkanes of at least 4 members (excludes halogenated alkanes) is 1. The molecule has 3 aliphatic heterocycles. The maximum atomic E-state index is 13.8. The molecule has 1 aromatic carbocycles.